The quantitative estimate of drug-likeness (QED) is 0.654. The Morgan fingerprint density at radius 1 is 1.28 bits per heavy atom. The Kier molecular flexibility index (Phi) is 3.83. The number of anilines is 2. The number of nitriles is 1. The summed E-state index contributed by atoms with van der Waals surface area (Å²) >= 11 is 1.06. The van der Waals surface area contributed by atoms with Crippen molar-refractivity contribution in [1.29, 1.82) is 5.26 Å². The van der Waals surface area contributed by atoms with Crippen LogP contribution >= 0.6 is 11.8 Å². The van der Waals surface area contributed by atoms with E-state index in [1.54, 1.807) is 24.3 Å². The molecule has 0 fully saturated rings. The molecule has 0 spiro atoms. The Hall–Kier alpha value is -2.46. The van der Waals surface area contributed by atoms with Crippen molar-refractivity contribution >= 4 is 29.4 Å². The van der Waals surface area contributed by atoms with Gasteiger partial charge in [-0.2, -0.15) is 5.26 Å². The lowest BCUT2D eigenvalue weighted by molar-refractivity contribution is 0.261. The minimum absolute atomic E-state index is 0.268. The van der Waals surface area contributed by atoms with Gasteiger partial charge in [0.1, 0.15) is 5.40 Å². The number of thioether (sulfide) groups is 1. The second-order valence-electron chi connectivity index (χ2n) is 3.17. The van der Waals surface area contributed by atoms with Gasteiger partial charge < -0.3 is 9.84 Å². The van der Waals surface area contributed by atoms with Gasteiger partial charge in [0, 0.05) is 16.6 Å². The van der Waals surface area contributed by atoms with Crippen LogP contribution in [0.3, 0.4) is 0 Å². The molecule has 1 aromatic carbocycles. The summed E-state index contributed by atoms with van der Waals surface area (Å²) in [6.45, 7) is 0. The Morgan fingerprint density at radius 2 is 2.06 bits per heavy atom. The summed E-state index contributed by atoms with van der Waals surface area (Å²) in [7, 11) is 0. The molecule has 90 valence electrons. The second-order valence-corrected chi connectivity index (χ2v) is 4.03. The highest BCUT2D eigenvalue weighted by atomic mass is 32.2. The van der Waals surface area contributed by atoms with Crippen LogP contribution in [0.4, 0.5) is 16.4 Å². The lowest BCUT2D eigenvalue weighted by Crippen LogP contribution is -2.18. The predicted molar refractivity (Wildman–Crippen MR) is 67.1 cm³/mol. The molecule has 2 aromatic rings. The zero-order chi connectivity index (χ0) is 12.8. The van der Waals surface area contributed by atoms with E-state index in [0.717, 1.165) is 16.7 Å². The molecule has 2 N–H and O–H groups in total. The monoisotopic (exact) mass is 260 g/mol. The van der Waals surface area contributed by atoms with E-state index in [2.05, 4.69) is 15.8 Å². The maximum absolute atomic E-state index is 11.5. The minimum atomic E-state index is -0.424. The third-order valence-corrected chi connectivity index (χ3v) is 2.55. The maximum atomic E-state index is 11.5. The van der Waals surface area contributed by atoms with E-state index in [1.807, 2.05) is 5.40 Å². The molecule has 0 radical (unpaired) electrons. The number of carbonyl (C=O) groups is 1. The van der Waals surface area contributed by atoms with Gasteiger partial charge in [-0.1, -0.05) is 5.16 Å². The van der Waals surface area contributed by atoms with Crippen molar-refractivity contribution in [3.8, 4) is 5.40 Å². The van der Waals surface area contributed by atoms with Crippen molar-refractivity contribution in [1.82, 2.24) is 5.16 Å². The van der Waals surface area contributed by atoms with Gasteiger partial charge in [0.15, 0.2) is 0 Å². The van der Waals surface area contributed by atoms with Gasteiger partial charge in [0.25, 0.3) is 0 Å². The van der Waals surface area contributed by atoms with Crippen LogP contribution in [0.5, 0.6) is 0 Å². The van der Waals surface area contributed by atoms with Crippen molar-refractivity contribution in [2.45, 2.75) is 4.90 Å². The average molecular weight is 260 g/mol. The normalized spacial score (nSPS) is 9.50. The molecule has 0 atom stereocenters. The highest BCUT2D eigenvalue weighted by Crippen LogP contribution is 2.19. The number of urea groups is 1. The number of benzene rings is 1. The molecule has 0 aliphatic carbocycles. The molecule has 6 nitrogen and oxygen atoms in total. The van der Waals surface area contributed by atoms with E-state index in [9.17, 15) is 4.79 Å². The average Bonchev–Trinajstić information content (AvgIpc) is 2.84. The summed E-state index contributed by atoms with van der Waals surface area (Å²) < 4.78 is 4.73. The van der Waals surface area contributed by atoms with Crippen molar-refractivity contribution in [3.05, 3.63) is 36.5 Å². The Bertz CT molecular complexity index is 560. The molecular weight excluding hydrogens is 252 g/mol. The van der Waals surface area contributed by atoms with Gasteiger partial charge in [-0.05, 0) is 36.0 Å². The van der Waals surface area contributed by atoms with Crippen LogP contribution < -0.4 is 10.6 Å². The summed E-state index contributed by atoms with van der Waals surface area (Å²) in [6, 6.07) is 8.02. The number of rotatable bonds is 3. The number of amides is 2. The number of thiocyanates is 1. The van der Waals surface area contributed by atoms with E-state index in [0.29, 0.717) is 5.69 Å². The molecule has 1 heterocycles. The maximum Gasteiger partial charge on any atom is 0.326 e. The summed E-state index contributed by atoms with van der Waals surface area (Å²) in [5.74, 6) is 0.268. The lowest BCUT2D eigenvalue weighted by atomic mass is 10.3. The third kappa shape index (κ3) is 3.26. The van der Waals surface area contributed by atoms with E-state index < -0.39 is 6.03 Å². The molecule has 0 unspecified atom stereocenters. The van der Waals surface area contributed by atoms with E-state index in [1.165, 1.54) is 12.3 Å². The molecule has 0 saturated carbocycles. The summed E-state index contributed by atoms with van der Waals surface area (Å²) in [4.78, 5) is 12.3. The largest absolute Gasteiger partial charge is 0.338 e. The molecule has 7 heteroatoms. The summed E-state index contributed by atoms with van der Waals surface area (Å²) in [6.07, 6.45) is 1.43. The number of nitrogens with one attached hydrogen (secondary N) is 2. The molecular formula is C11H8N4O2S. The first-order chi connectivity index (χ1) is 8.78. The first-order valence-corrected chi connectivity index (χ1v) is 5.74. The zero-order valence-electron chi connectivity index (χ0n) is 9.08. The molecule has 18 heavy (non-hydrogen) atoms. The Morgan fingerprint density at radius 3 is 2.67 bits per heavy atom. The molecule has 0 aliphatic rings. The third-order valence-electron chi connectivity index (χ3n) is 1.95. The summed E-state index contributed by atoms with van der Waals surface area (Å²) in [5, 5.41) is 19.0. The van der Waals surface area contributed by atoms with Gasteiger partial charge in [-0.25, -0.2) is 4.79 Å². The topological polar surface area (TPSA) is 91.0 Å². The number of hydrogen-bond acceptors (Lipinski definition) is 5. The lowest BCUT2D eigenvalue weighted by Gasteiger charge is -2.05. The highest BCUT2D eigenvalue weighted by Gasteiger charge is 2.04. The van der Waals surface area contributed by atoms with Gasteiger partial charge in [0.05, 0.1) is 6.20 Å². The Balaban J connectivity index is 1.93. The minimum Gasteiger partial charge on any atom is -0.338 e. The standard InChI is InChI=1S/C11H8N4O2S/c12-7-18-9-3-1-8(2-4-9)14-11(16)15-10-5-6-13-17-10/h1-6H,(H2,14,15,16). The fourth-order valence-electron chi connectivity index (χ4n) is 1.21. The van der Waals surface area contributed by atoms with Crippen LogP contribution in [-0.2, 0) is 0 Å². The number of hydrogen-bond donors (Lipinski definition) is 2. The van der Waals surface area contributed by atoms with Crippen LogP contribution in [0.2, 0.25) is 0 Å². The van der Waals surface area contributed by atoms with Gasteiger partial charge in [-0.3, -0.25) is 5.32 Å². The first-order valence-electron chi connectivity index (χ1n) is 4.92. The van der Waals surface area contributed by atoms with Crippen LogP contribution in [-0.4, -0.2) is 11.2 Å². The number of aromatic nitrogens is 1. The van der Waals surface area contributed by atoms with Gasteiger partial charge in [-0.15, -0.1) is 0 Å². The molecule has 2 rings (SSSR count). The zero-order valence-corrected chi connectivity index (χ0v) is 9.90. The van der Waals surface area contributed by atoms with Crippen LogP contribution in [0.15, 0.2) is 45.9 Å². The van der Waals surface area contributed by atoms with Crippen LogP contribution in [0, 0.1) is 10.7 Å². The van der Waals surface area contributed by atoms with E-state index >= 15 is 0 Å². The van der Waals surface area contributed by atoms with Gasteiger partial charge >= 0.3 is 6.03 Å². The van der Waals surface area contributed by atoms with Crippen molar-refractivity contribution in [2.75, 3.05) is 10.6 Å². The van der Waals surface area contributed by atoms with Crippen molar-refractivity contribution in [3.63, 3.8) is 0 Å². The van der Waals surface area contributed by atoms with Crippen molar-refractivity contribution < 1.29 is 9.32 Å². The smallest absolute Gasteiger partial charge is 0.326 e. The van der Waals surface area contributed by atoms with Crippen molar-refractivity contribution in [2.24, 2.45) is 0 Å². The molecule has 1 aromatic heterocycles. The Labute approximate surface area is 107 Å². The first kappa shape index (κ1) is 12.0. The van der Waals surface area contributed by atoms with Crippen LogP contribution in [0.1, 0.15) is 0 Å². The fourth-order valence-corrected chi connectivity index (χ4v) is 1.59. The van der Waals surface area contributed by atoms with E-state index in [-0.39, 0.29) is 5.88 Å². The SMILES string of the molecule is N#CSc1ccc(NC(=O)Nc2ccno2)cc1. The van der Waals surface area contributed by atoms with E-state index in [4.69, 9.17) is 9.78 Å². The number of carbonyl (C=O) groups excluding carboxylic acids is 1. The predicted octanol–water partition coefficient (Wildman–Crippen LogP) is 2.89. The van der Waals surface area contributed by atoms with Gasteiger partial charge in [0.2, 0.25) is 5.88 Å². The number of nitrogens with zero attached hydrogens (tertiary/aromatic N) is 2. The molecule has 0 aliphatic heterocycles. The highest BCUT2D eigenvalue weighted by molar-refractivity contribution is 8.03. The summed E-state index contributed by atoms with van der Waals surface area (Å²) in [5.41, 5.74) is 0.620. The fraction of sp³-hybridized carbons (Fsp3) is 0. The molecule has 0 saturated heterocycles. The molecule has 2 amide bonds. The molecule has 0 bridgehead atoms. The van der Waals surface area contributed by atoms with Crippen LogP contribution in [0.25, 0.3) is 0 Å². The second kappa shape index (κ2) is 5.75.